The molecule has 1 aliphatic rings. The van der Waals surface area contributed by atoms with E-state index in [0.717, 1.165) is 5.57 Å². The maximum atomic E-state index is 10.4. The number of hydrogen-bond acceptors (Lipinski definition) is 1. The first kappa shape index (κ1) is 8.21. The lowest BCUT2D eigenvalue weighted by Gasteiger charge is -1.85. The second-order valence-corrected chi connectivity index (χ2v) is 1.60. The fraction of sp³-hybridized carbons (Fsp3) is 0.571. The number of hydrogen-bond donors (Lipinski definition) is 1. The summed E-state index contributed by atoms with van der Waals surface area (Å²) < 4.78 is 0. The number of nitrogens with one attached hydrogen (secondary N) is 1. The van der Waals surface area contributed by atoms with Crippen LogP contribution in [0.2, 0.25) is 0 Å². The molecule has 0 spiro atoms. The molecular weight excluding hydrogens is 114 g/mol. The van der Waals surface area contributed by atoms with Crippen LogP contribution in [0.1, 0.15) is 20.8 Å². The summed E-state index contributed by atoms with van der Waals surface area (Å²) in [7, 11) is 0. The second kappa shape index (κ2) is 4.13. The average molecular weight is 127 g/mol. The summed E-state index contributed by atoms with van der Waals surface area (Å²) in [4.78, 5) is 10.4. The van der Waals surface area contributed by atoms with Crippen LogP contribution in [0.4, 0.5) is 0 Å². The Morgan fingerprint density at radius 2 is 2.11 bits per heavy atom. The normalized spacial score (nSPS) is 15.4. The maximum absolute atomic E-state index is 10.4. The van der Waals surface area contributed by atoms with E-state index >= 15 is 0 Å². The minimum atomic E-state index is 0.0694. The zero-order valence-electron chi connectivity index (χ0n) is 6.19. The van der Waals surface area contributed by atoms with Crippen molar-refractivity contribution in [1.29, 1.82) is 0 Å². The van der Waals surface area contributed by atoms with Gasteiger partial charge in [-0.1, -0.05) is 19.9 Å². The Hall–Kier alpha value is -0.790. The molecule has 1 amide bonds. The van der Waals surface area contributed by atoms with Gasteiger partial charge >= 0.3 is 0 Å². The van der Waals surface area contributed by atoms with Gasteiger partial charge in [0.25, 0.3) is 0 Å². The van der Waals surface area contributed by atoms with Crippen LogP contribution >= 0.6 is 0 Å². The number of rotatable bonds is 0. The Morgan fingerprint density at radius 3 is 2.22 bits per heavy atom. The summed E-state index contributed by atoms with van der Waals surface area (Å²) in [5.41, 5.74) is 0.833. The molecule has 52 valence electrons. The monoisotopic (exact) mass is 127 g/mol. The third-order valence-corrected chi connectivity index (χ3v) is 1.03. The Kier molecular flexibility index (Phi) is 3.76. The van der Waals surface area contributed by atoms with Crippen LogP contribution < -0.4 is 5.32 Å². The molecule has 2 heteroatoms. The fourth-order valence-corrected chi connectivity index (χ4v) is 0.529. The summed E-state index contributed by atoms with van der Waals surface area (Å²) in [6, 6.07) is 0. The van der Waals surface area contributed by atoms with Crippen molar-refractivity contribution >= 4 is 5.91 Å². The predicted octanol–water partition coefficient (Wildman–Crippen LogP) is 1.09. The summed E-state index contributed by atoms with van der Waals surface area (Å²) >= 11 is 0. The van der Waals surface area contributed by atoms with Crippen molar-refractivity contribution < 1.29 is 4.79 Å². The molecule has 0 atom stereocenters. The quantitative estimate of drug-likeness (QED) is 0.518. The van der Waals surface area contributed by atoms with E-state index in [0.29, 0.717) is 6.54 Å². The van der Waals surface area contributed by atoms with Crippen LogP contribution in [-0.2, 0) is 4.79 Å². The summed E-state index contributed by atoms with van der Waals surface area (Å²) in [6.45, 7) is 6.52. The average Bonchev–Trinajstić information content (AvgIpc) is 2.23. The molecule has 0 aromatic carbocycles. The first-order valence-electron chi connectivity index (χ1n) is 3.25. The summed E-state index contributed by atoms with van der Waals surface area (Å²) in [6.07, 6.45) is 1.88. The Morgan fingerprint density at radius 1 is 1.56 bits per heavy atom. The van der Waals surface area contributed by atoms with Gasteiger partial charge in [-0.2, -0.15) is 0 Å². The fourth-order valence-electron chi connectivity index (χ4n) is 0.529. The third kappa shape index (κ3) is 2.31. The van der Waals surface area contributed by atoms with Gasteiger partial charge < -0.3 is 5.32 Å². The molecule has 0 bridgehead atoms. The van der Waals surface area contributed by atoms with Gasteiger partial charge in [0.1, 0.15) is 0 Å². The first-order valence-corrected chi connectivity index (χ1v) is 3.25. The van der Waals surface area contributed by atoms with Crippen molar-refractivity contribution in [3.63, 3.8) is 0 Å². The number of carbonyl (C=O) groups is 1. The van der Waals surface area contributed by atoms with Gasteiger partial charge in [-0.05, 0) is 6.92 Å². The van der Waals surface area contributed by atoms with Crippen LogP contribution in [-0.4, -0.2) is 12.5 Å². The summed E-state index contributed by atoms with van der Waals surface area (Å²) in [5, 5.41) is 2.64. The van der Waals surface area contributed by atoms with Gasteiger partial charge in [0.15, 0.2) is 0 Å². The van der Waals surface area contributed by atoms with Crippen molar-refractivity contribution in [2.45, 2.75) is 20.8 Å². The molecule has 0 saturated carbocycles. The van der Waals surface area contributed by atoms with Crippen molar-refractivity contribution in [1.82, 2.24) is 5.32 Å². The van der Waals surface area contributed by atoms with Gasteiger partial charge in [0.2, 0.25) is 5.91 Å². The van der Waals surface area contributed by atoms with Crippen LogP contribution in [0.25, 0.3) is 0 Å². The molecule has 1 N–H and O–H groups in total. The van der Waals surface area contributed by atoms with E-state index < -0.39 is 0 Å². The lowest BCUT2D eigenvalue weighted by atomic mass is 10.3. The third-order valence-electron chi connectivity index (χ3n) is 1.03. The molecule has 0 aromatic heterocycles. The molecule has 0 aliphatic carbocycles. The predicted molar refractivity (Wildman–Crippen MR) is 38.1 cm³/mol. The molecule has 1 rings (SSSR count). The van der Waals surface area contributed by atoms with Gasteiger partial charge in [-0.15, -0.1) is 0 Å². The smallest absolute Gasteiger partial charge is 0.246 e. The summed E-state index contributed by atoms with van der Waals surface area (Å²) in [5.74, 6) is 0.0694. The largest absolute Gasteiger partial charge is 0.349 e. The van der Waals surface area contributed by atoms with Crippen LogP contribution in [0.15, 0.2) is 11.6 Å². The number of carbonyl (C=O) groups excluding carboxylic acids is 1. The van der Waals surface area contributed by atoms with E-state index in [4.69, 9.17) is 0 Å². The highest BCUT2D eigenvalue weighted by atomic mass is 16.1. The molecule has 9 heavy (non-hydrogen) atoms. The number of amides is 1. The van der Waals surface area contributed by atoms with E-state index in [2.05, 4.69) is 5.32 Å². The molecule has 0 fully saturated rings. The van der Waals surface area contributed by atoms with Crippen molar-refractivity contribution in [2.24, 2.45) is 0 Å². The molecule has 0 aromatic rings. The van der Waals surface area contributed by atoms with E-state index in [1.807, 2.05) is 26.8 Å². The molecule has 2 nitrogen and oxygen atoms in total. The molecule has 0 radical (unpaired) electrons. The molecule has 1 aliphatic heterocycles. The van der Waals surface area contributed by atoms with Crippen molar-refractivity contribution in [2.75, 3.05) is 6.54 Å². The van der Waals surface area contributed by atoms with E-state index in [-0.39, 0.29) is 5.91 Å². The van der Waals surface area contributed by atoms with Crippen LogP contribution in [0.5, 0.6) is 0 Å². The standard InChI is InChI=1S/C5H7NO.C2H6/c1-4-2-3-6-5(4)7;1-2/h2H,3H2,1H3,(H,6,7);1-2H3. The van der Waals surface area contributed by atoms with Gasteiger partial charge in [0.05, 0.1) is 0 Å². The van der Waals surface area contributed by atoms with Crippen LogP contribution in [0.3, 0.4) is 0 Å². The van der Waals surface area contributed by atoms with E-state index in [1.165, 1.54) is 0 Å². The van der Waals surface area contributed by atoms with Gasteiger partial charge in [-0.25, -0.2) is 0 Å². The van der Waals surface area contributed by atoms with Crippen molar-refractivity contribution in [3.05, 3.63) is 11.6 Å². The molecular formula is C7H13NO. The molecule has 0 unspecified atom stereocenters. The zero-order chi connectivity index (χ0) is 7.28. The lowest BCUT2D eigenvalue weighted by molar-refractivity contribution is -0.116. The van der Waals surface area contributed by atoms with E-state index in [9.17, 15) is 4.79 Å². The minimum absolute atomic E-state index is 0.0694. The van der Waals surface area contributed by atoms with E-state index in [1.54, 1.807) is 0 Å². The molecule has 1 heterocycles. The Bertz CT molecular complexity index is 127. The SMILES string of the molecule is CC.CC1=CCNC1=O. The zero-order valence-corrected chi connectivity index (χ0v) is 6.19. The second-order valence-electron chi connectivity index (χ2n) is 1.60. The first-order chi connectivity index (χ1) is 4.30. The minimum Gasteiger partial charge on any atom is -0.349 e. The maximum Gasteiger partial charge on any atom is 0.246 e. The Balaban J connectivity index is 0.000000291. The van der Waals surface area contributed by atoms with Crippen molar-refractivity contribution in [3.8, 4) is 0 Å². The van der Waals surface area contributed by atoms with Gasteiger partial charge in [-0.3, -0.25) is 4.79 Å². The lowest BCUT2D eigenvalue weighted by Crippen LogP contribution is -2.15. The topological polar surface area (TPSA) is 29.1 Å². The Labute approximate surface area is 56.0 Å². The highest BCUT2D eigenvalue weighted by molar-refractivity contribution is 5.94. The van der Waals surface area contributed by atoms with Crippen LogP contribution in [0, 0.1) is 0 Å². The highest BCUT2D eigenvalue weighted by Crippen LogP contribution is 1.95. The van der Waals surface area contributed by atoms with Gasteiger partial charge in [0, 0.05) is 12.1 Å². The molecule has 0 saturated heterocycles. The highest BCUT2D eigenvalue weighted by Gasteiger charge is 2.06.